The van der Waals surface area contributed by atoms with Crippen LogP contribution in [0.15, 0.2) is 63.7 Å². The summed E-state index contributed by atoms with van der Waals surface area (Å²) in [6.07, 6.45) is 0. The molecule has 10 heteroatoms. The molecule has 0 bridgehead atoms. The number of rotatable bonds is 3. The van der Waals surface area contributed by atoms with Gasteiger partial charge in [0, 0.05) is 16.0 Å². The smallest absolute Gasteiger partial charge is 0.340 e. The average molecular weight is 483 g/mol. The Hall–Kier alpha value is -3.62. The van der Waals surface area contributed by atoms with Crippen LogP contribution in [-0.2, 0) is 9.53 Å². The van der Waals surface area contributed by atoms with Crippen LogP contribution in [0.4, 0.5) is 0 Å². The molecule has 0 amide bonds. The van der Waals surface area contributed by atoms with E-state index in [2.05, 4.69) is 4.98 Å². The molecule has 3 heterocycles. The molecule has 2 aromatic carbocycles. The van der Waals surface area contributed by atoms with E-state index in [1.165, 1.54) is 6.07 Å². The molecule has 2 aromatic heterocycles. The van der Waals surface area contributed by atoms with Gasteiger partial charge in [-0.1, -0.05) is 35.3 Å². The van der Waals surface area contributed by atoms with Gasteiger partial charge in [0.05, 0.1) is 22.9 Å². The van der Waals surface area contributed by atoms with Crippen molar-refractivity contribution < 1.29 is 9.53 Å². The van der Waals surface area contributed by atoms with Crippen molar-refractivity contribution in [3.63, 3.8) is 0 Å². The number of carbonyl (C=O) groups excluding carboxylic acids is 1. The molecule has 0 aliphatic carbocycles. The van der Waals surface area contributed by atoms with Crippen molar-refractivity contribution in [2.24, 2.45) is 5.73 Å². The normalized spacial score (nSPS) is 15.3. The Labute approximate surface area is 196 Å². The van der Waals surface area contributed by atoms with Crippen LogP contribution >= 0.6 is 23.2 Å². The zero-order chi connectivity index (χ0) is 23.4. The molecule has 1 atom stereocenters. The maximum absolute atomic E-state index is 13.5. The number of fused-ring (bicyclic) bond motifs is 3. The molecule has 33 heavy (non-hydrogen) atoms. The van der Waals surface area contributed by atoms with Gasteiger partial charge in [-0.15, -0.1) is 0 Å². The predicted octanol–water partition coefficient (Wildman–Crippen LogP) is 3.31. The van der Waals surface area contributed by atoms with E-state index in [9.17, 15) is 14.4 Å². The Morgan fingerprint density at radius 2 is 1.79 bits per heavy atom. The molecule has 5 rings (SSSR count). The highest BCUT2D eigenvalue weighted by molar-refractivity contribution is 6.32. The standard InChI is InChI=1S/C23H16Cl2N4O4/c1-2-33-23(32)17-18(15-10-11-9-12(24)7-8-16(11)27-19(15)25)28-21(30)13-5-3-4-6-14(13)22(31)29(28)20(17)26/h3-10,18H,2,26H2,1H3. The van der Waals surface area contributed by atoms with E-state index in [0.717, 1.165) is 9.36 Å². The summed E-state index contributed by atoms with van der Waals surface area (Å²) in [5, 5.41) is 1.53. The monoisotopic (exact) mass is 482 g/mol. The largest absolute Gasteiger partial charge is 0.462 e. The summed E-state index contributed by atoms with van der Waals surface area (Å²) in [6.45, 7) is 1.72. The fourth-order valence-corrected chi connectivity index (χ4v) is 4.59. The van der Waals surface area contributed by atoms with Crippen molar-refractivity contribution in [3.8, 4) is 0 Å². The highest BCUT2D eigenvalue weighted by Gasteiger charge is 2.40. The fourth-order valence-electron chi connectivity index (χ4n) is 4.16. The molecule has 166 valence electrons. The van der Waals surface area contributed by atoms with Gasteiger partial charge in [0.15, 0.2) is 0 Å². The molecule has 0 fully saturated rings. The number of nitrogens with zero attached hydrogens (tertiary/aromatic N) is 3. The summed E-state index contributed by atoms with van der Waals surface area (Å²) >= 11 is 12.7. The number of carbonyl (C=O) groups is 1. The first-order valence-electron chi connectivity index (χ1n) is 10.0. The number of ether oxygens (including phenoxy) is 1. The van der Waals surface area contributed by atoms with Crippen molar-refractivity contribution in [2.75, 3.05) is 6.61 Å². The molecule has 4 aromatic rings. The Bertz CT molecular complexity index is 1640. The number of aromatic nitrogens is 3. The molecule has 1 aliphatic rings. The Kier molecular flexibility index (Phi) is 4.99. The lowest BCUT2D eigenvalue weighted by atomic mass is 9.99. The number of nitrogens with two attached hydrogens (primary N) is 1. The van der Waals surface area contributed by atoms with Gasteiger partial charge in [0.1, 0.15) is 22.6 Å². The minimum Gasteiger partial charge on any atom is -0.462 e. The number of benzene rings is 2. The molecule has 0 saturated heterocycles. The lowest BCUT2D eigenvalue weighted by Gasteiger charge is -2.19. The Morgan fingerprint density at radius 3 is 2.48 bits per heavy atom. The third-order valence-corrected chi connectivity index (χ3v) is 6.11. The van der Waals surface area contributed by atoms with Crippen LogP contribution in [0.2, 0.25) is 10.2 Å². The number of hydrogen-bond acceptors (Lipinski definition) is 6. The predicted molar refractivity (Wildman–Crippen MR) is 126 cm³/mol. The minimum atomic E-state index is -1.13. The highest BCUT2D eigenvalue weighted by Crippen LogP contribution is 2.38. The molecule has 8 nitrogen and oxygen atoms in total. The molecule has 0 saturated carbocycles. The van der Waals surface area contributed by atoms with Gasteiger partial charge in [-0.05, 0) is 43.3 Å². The maximum Gasteiger partial charge on any atom is 0.340 e. The van der Waals surface area contributed by atoms with Gasteiger partial charge in [-0.25, -0.2) is 14.5 Å². The first-order valence-corrected chi connectivity index (χ1v) is 10.8. The molecular weight excluding hydrogens is 467 g/mol. The minimum absolute atomic E-state index is 0.0466. The van der Waals surface area contributed by atoms with Crippen molar-refractivity contribution in [1.29, 1.82) is 0 Å². The summed E-state index contributed by atoms with van der Waals surface area (Å²) in [5.74, 6) is -0.963. The van der Waals surface area contributed by atoms with Gasteiger partial charge >= 0.3 is 5.97 Å². The zero-order valence-electron chi connectivity index (χ0n) is 17.2. The van der Waals surface area contributed by atoms with Crippen molar-refractivity contribution in [1.82, 2.24) is 14.3 Å². The quantitative estimate of drug-likeness (QED) is 0.354. The van der Waals surface area contributed by atoms with Crippen LogP contribution in [0.25, 0.3) is 27.5 Å². The lowest BCUT2D eigenvalue weighted by Crippen LogP contribution is -2.38. The van der Waals surface area contributed by atoms with Gasteiger partial charge < -0.3 is 10.5 Å². The summed E-state index contributed by atoms with van der Waals surface area (Å²) in [5.41, 5.74) is 6.05. The van der Waals surface area contributed by atoms with Crippen LogP contribution in [-0.4, -0.2) is 26.9 Å². The number of esters is 1. The maximum atomic E-state index is 13.5. The summed E-state index contributed by atoms with van der Waals surface area (Å²) < 4.78 is 7.34. The molecule has 0 radical (unpaired) electrons. The third kappa shape index (κ3) is 3.13. The first kappa shape index (κ1) is 21.2. The number of pyridine rings is 1. The van der Waals surface area contributed by atoms with E-state index in [4.69, 9.17) is 33.7 Å². The summed E-state index contributed by atoms with van der Waals surface area (Å²) in [4.78, 5) is 44.2. The summed E-state index contributed by atoms with van der Waals surface area (Å²) in [7, 11) is 0. The van der Waals surface area contributed by atoms with Crippen molar-refractivity contribution in [3.05, 3.63) is 90.6 Å². The number of hydrogen-bond donors (Lipinski definition) is 1. The first-order chi connectivity index (χ1) is 15.8. The Balaban J connectivity index is 1.90. The SMILES string of the molecule is CCOC(=O)C1=C(N)n2c(=O)c3ccccc3c(=O)n2C1c1cc2cc(Cl)ccc2nc1Cl. The van der Waals surface area contributed by atoms with E-state index >= 15 is 0 Å². The molecule has 1 aliphatic heterocycles. The van der Waals surface area contributed by atoms with Crippen molar-refractivity contribution in [2.45, 2.75) is 13.0 Å². The van der Waals surface area contributed by atoms with E-state index < -0.39 is 23.1 Å². The topological polar surface area (TPSA) is 109 Å². The molecule has 0 spiro atoms. The second-order valence-electron chi connectivity index (χ2n) is 7.44. The van der Waals surface area contributed by atoms with Crippen LogP contribution in [0, 0.1) is 0 Å². The van der Waals surface area contributed by atoms with E-state index in [1.807, 2.05) is 0 Å². The van der Waals surface area contributed by atoms with E-state index in [1.54, 1.807) is 49.4 Å². The summed E-state index contributed by atoms with van der Waals surface area (Å²) in [6, 6.07) is 12.0. The van der Waals surface area contributed by atoms with E-state index in [0.29, 0.717) is 21.5 Å². The fraction of sp³-hybridized carbons (Fsp3) is 0.130. The second-order valence-corrected chi connectivity index (χ2v) is 8.23. The van der Waals surface area contributed by atoms with Crippen LogP contribution in [0.1, 0.15) is 18.5 Å². The van der Waals surface area contributed by atoms with Crippen LogP contribution < -0.4 is 16.9 Å². The van der Waals surface area contributed by atoms with Gasteiger partial charge in [-0.2, -0.15) is 4.68 Å². The lowest BCUT2D eigenvalue weighted by molar-refractivity contribution is -0.138. The van der Waals surface area contributed by atoms with Crippen LogP contribution in [0.5, 0.6) is 0 Å². The van der Waals surface area contributed by atoms with Gasteiger partial charge in [0.25, 0.3) is 11.1 Å². The Morgan fingerprint density at radius 1 is 1.09 bits per heavy atom. The zero-order valence-corrected chi connectivity index (χ0v) is 18.7. The molecular formula is C23H16Cl2N4O4. The molecule has 1 unspecified atom stereocenters. The van der Waals surface area contributed by atoms with Crippen molar-refractivity contribution >= 4 is 56.7 Å². The van der Waals surface area contributed by atoms with E-state index in [-0.39, 0.29) is 33.9 Å². The third-order valence-electron chi connectivity index (χ3n) is 5.57. The number of halogens is 2. The van der Waals surface area contributed by atoms with Gasteiger partial charge in [-0.3, -0.25) is 9.59 Å². The van der Waals surface area contributed by atoms with Crippen LogP contribution in [0.3, 0.4) is 0 Å². The highest BCUT2D eigenvalue weighted by atomic mass is 35.5. The average Bonchev–Trinajstić information content (AvgIpc) is 3.10. The van der Waals surface area contributed by atoms with Gasteiger partial charge in [0.2, 0.25) is 0 Å². The molecule has 2 N–H and O–H groups in total. The second kappa shape index (κ2) is 7.75.